The van der Waals surface area contributed by atoms with Crippen molar-refractivity contribution in [2.24, 2.45) is 0 Å². The van der Waals surface area contributed by atoms with Gasteiger partial charge in [-0.1, -0.05) is 35.9 Å². The molecule has 0 spiro atoms. The summed E-state index contributed by atoms with van der Waals surface area (Å²) < 4.78 is 7.41. The van der Waals surface area contributed by atoms with Crippen LogP contribution in [0.3, 0.4) is 0 Å². The number of hydrogen-bond donors (Lipinski definition) is 1. The van der Waals surface area contributed by atoms with Crippen molar-refractivity contribution in [3.8, 4) is 5.88 Å². The summed E-state index contributed by atoms with van der Waals surface area (Å²) in [6.07, 6.45) is 1.28. The summed E-state index contributed by atoms with van der Waals surface area (Å²) >= 11 is 5.95. The number of hydrogen-bond acceptors (Lipinski definition) is 6. The first-order chi connectivity index (χ1) is 15.0. The van der Waals surface area contributed by atoms with Crippen LogP contribution in [0.5, 0.6) is 5.88 Å². The second-order valence-electron chi connectivity index (χ2n) is 6.57. The molecule has 156 valence electrons. The number of benzene rings is 2. The Morgan fingerprint density at radius 3 is 2.68 bits per heavy atom. The van der Waals surface area contributed by atoms with E-state index in [9.17, 15) is 14.9 Å². The van der Waals surface area contributed by atoms with Gasteiger partial charge in [-0.15, -0.1) is 5.10 Å². The molecule has 0 saturated carbocycles. The number of nitro groups is 1. The number of fused-ring (bicyclic) bond motifs is 1. The first kappa shape index (κ1) is 20.3. The number of amides is 1. The lowest BCUT2D eigenvalue weighted by Gasteiger charge is -2.06. The zero-order chi connectivity index (χ0) is 21.8. The SMILES string of the molecule is O=C(COc1nn(Cc2ccc(Cl)cc2)c2ccccc12)Nc1cccnc1[N+](=O)[O-]. The average Bonchev–Trinajstić information content (AvgIpc) is 3.12. The number of para-hydroxylation sites is 1. The Bertz CT molecular complexity index is 1260. The number of halogens is 1. The second-order valence-corrected chi connectivity index (χ2v) is 7.01. The van der Waals surface area contributed by atoms with E-state index in [-0.39, 0.29) is 12.3 Å². The number of ether oxygens (including phenoxy) is 1. The maximum atomic E-state index is 12.3. The standard InChI is InChI=1S/C21H16ClN5O4/c22-15-9-7-14(8-10-15)12-26-18-6-2-1-4-16(18)21(25-26)31-13-19(28)24-17-5-3-11-23-20(17)27(29)30/h1-11H,12-13H2,(H,24,28). The number of pyridine rings is 1. The van der Waals surface area contributed by atoms with Crippen LogP contribution in [0.25, 0.3) is 10.9 Å². The van der Waals surface area contributed by atoms with Gasteiger partial charge < -0.3 is 20.2 Å². The Hall–Kier alpha value is -3.98. The number of carbonyl (C=O) groups excluding carboxylic acids is 1. The maximum Gasteiger partial charge on any atom is 0.387 e. The van der Waals surface area contributed by atoms with E-state index in [4.69, 9.17) is 16.3 Å². The minimum Gasteiger partial charge on any atom is -0.466 e. The van der Waals surface area contributed by atoms with Gasteiger partial charge in [0.2, 0.25) is 5.88 Å². The van der Waals surface area contributed by atoms with Crippen LogP contribution in [0, 0.1) is 10.1 Å². The number of rotatable bonds is 7. The van der Waals surface area contributed by atoms with E-state index < -0.39 is 16.6 Å². The van der Waals surface area contributed by atoms with Crippen molar-refractivity contribution >= 4 is 39.9 Å². The summed E-state index contributed by atoms with van der Waals surface area (Å²) in [5.74, 6) is -0.707. The van der Waals surface area contributed by atoms with Crippen molar-refractivity contribution in [3.05, 3.63) is 87.6 Å². The molecule has 10 heteroatoms. The number of nitrogens with one attached hydrogen (secondary N) is 1. The highest BCUT2D eigenvalue weighted by Crippen LogP contribution is 2.26. The largest absolute Gasteiger partial charge is 0.466 e. The van der Waals surface area contributed by atoms with E-state index in [1.807, 2.05) is 48.5 Å². The van der Waals surface area contributed by atoms with Gasteiger partial charge in [0.25, 0.3) is 5.91 Å². The summed E-state index contributed by atoms with van der Waals surface area (Å²) in [6.45, 7) is 0.128. The van der Waals surface area contributed by atoms with E-state index in [1.54, 1.807) is 4.68 Å². The molecule has 4 rings (SSSR count). The van der Waals surface area contributed by atoms with Crippen molar-refractivity contribution in [2.45, 2.75) is 6.54 Å². The van der Waals surface area contributed by atoms with Gasteiger partial charge in [-0.3, -0.25) is 9.48 Å². The zero-order valence-corrected chi connectivity index (χ0v) is 16.8. The fraction of sp³-hybridized carbons (Fsp3) is 0.0952. The second kappa shape index (κ2) is 8.80. The van der Waals surface area contributed by atoms with E-state index >= 15 is 0 Å². The highest BCUT2D eigenvalue weighted by atomic mass is 35.5. The Morgan fingerprint density at radius 2 is 1.90 bits per heavy atom. The lowest BCUT2D eigenvalue weighted by Crippen LogP contribution is -2.21. The molecule has 4 aromatic rings. The maximum absolute atomic E-state index is 12.3. The Labute approximate surface area is 181 Å². The smallest absolute Gasteiger partial charge is 0.387 e. The van der Waals surface area contributed by atoms with Crippen molar-refractivity contribution < 1.29 is 14.5 Å². The van der Waals surface area contributed by atoms with Crippen LogP contribution in [0.15, 0.2) is 66.9 Å². The molecule has 0 aliphatic carbocycles. The number of carbonyl (C=O) groups is 1. The van der Waals surface area contributed by atoms with Gasteiger partial charge in [0.15, 0.2) is 6.61 Å². The lowest BCUT2D eigenvalue weighted by atomic mass is 10.2. The Morgan fingerprint density at radius 1 is 1.13 bits per heavy atom. The van der Waals surface area contributed by atoms with Gasteiger partial charge >= 0.3 is 5.82 Å². The van der Waals surface area contributed by atoms with Crippen molar-refractivity contribution in [2.75, 3.05) is 11.9 Å². The monoisotopic (exact) mass is 437 g/mol. The van der Waals surface area contributed by atoms with E-state index in [0.717, 1.165) is 16.5 Å². The molecule has 0 fully saturated rings. The van der Waals surface area contributed by atoms with Crippen molar-refractivity contribution in [3.63, 3.8) is 0 Å². The van der Waals surface area contributed by atoms with Crippen molar-refractivity contribution in [1.82, 2.24) is 14.8 Å². The summed E-state index contributed by atoms with van der Waals surface area (Å²) in [6, 6.07) is 17.8. The fourth-order valence-corrected chi connectivity index (χ4v) is 3.17. The van der Waals surface area contributed by atoms with Crippen LogP contribution in [0.1, 0.15) is 5.56 Å². The minimum absolute atomic E-state index is 0.000717. The predicted molar refractivity (Wildman–Crippen MR) is 115 cm³/mol. The third-order valence-corrected chi connectivity index (χ3v) is 4.70. The van der Waals surface area contributed by atoms with Crippen LogP contribution in [0.4, 0.5) is 11.5 Å². The van der Waals surface area contributed by atoms with Crippen LogP contribution in [-0.4, -0.2) is 32.2 Å². The molecule has 0 saturated heterocycles. The predicted octanol–water partition coefficient (Wildman–Crippen LogP) is 4.06. The molecule has 0 aliphatic rings. The summed E-state index contributed by atoms with van der Waals surface area (Å²) in [5, 5.41) is 19.4. The van der Waals surface area contributed by atoms with Gasteiger partial charge in [-0.25, -0.2) is 0 Å². The van der Waals surface area contributed by atoms with Crippen LogP contribution in [-0.2, 0) is 11.3 Å². The Kier molecular flexibility index (Phi) is 5.76. The van der Waals surface area contributed by atoms with Gasteiger partial charge in [0.1, 0.15) is 11.9 Å². The molecule has 2 aromatic heterocycles. The van der Waals surface area contributed by atoms with Gasteiger partial charge in [-0.05, 0) is 51.9 Å². The molecule has 1 N–H and O–H groups in total. The van der Waals surface area contributed by atoms with Crippen LogP contribution >= 0.6 is 11.6 Å². The van der Waals surface area contributed by atoms with Gasteiger partial charge in [0, 0.05) is 5.02 Å². The Balaban J connectivity index is 1.50. The average molecular weight is 438 g/mol. The molecule has 0 aliphatic heterocycles. The normalized spacial score (nSPS) is 10.7. The van der Waals surface area contributed by atoms with E-state index in [0.29, 0.717) is 17.4 Å². The molecule has 9 nitrogen and oxygen atoms in total. The molecular weight excluding hydrogens is 422 g/mol. The third kappa shape index (κ3) is 4.62. The summed E-state index contributed by atoms with van der Waals surface area (Å²) in [7, 11) is 0. The number of anilines is 1. The van der Waals surface area contributed by atoms with Crippen molar-refractivity contribution in [1.29, 1.82) is 0 Å². The highest BCUT2D eigenvalue weighted by molar-refractivity contribution is 6.30. The lowest BCUT2D eigenvalue weighted by molar-refractivity contribution is -0.388. The van der Waals surface area contributed by atoms with Crippen LogP contribution in [0.2, 0.25) is 5.02 Å². The first-order valence-electron chi connectivity index (χ1n) is 9.23. The first-order valence-corrected chi connectivity index (χ1v) is 9.61. The third-order valence-electron chi connectivity index (χ3n) is 4.44. The molecule has 31 heavy (non-hydrogen) atoms. The summed E-state index contributed by atoms with van der Waals surface area (Å²) in [4.78, 5) is 26.3. The molecule has 2 heterocycles. The van der Waals surface area contributed by atoms with E-state index in [1.165, 1.54) is 18.3 Å². The highest BCUT2D eigenvalue weighted by Gasteiger charge is 2.18. The molecular formula is C21H16ClN5O4. The molecule has 0 bridgehead atoms. The zero-order valence-electron chi connectivity index (χ0n) is 16.1. The summed E-state index contributed by atoms with van der Waals surface area (Å²) in [5.41, 5.74) is 1.85. The quantitative estimate of drug-likeness (QED) is 0.344. The molecule has 0 unspecified atom stereocenters. The van der Waals surface area contributed by atoms with Gasteiger partial charge in [0.05, 0.1) is 17.4 Å². The molecule has 0 atom stereocenters. The number of aromatic nitrogens is 3. The minimum atomic E-state index is -0.664. The molecule has 1 amide bonds. The van der Waals surface area contributed by atoms with Gasteiger partial charge in [-0.2, -0.15) is 0 Å². The fourth-order valence-electron chi connectivity index (χ4n) is 3.05. The van der Waals surface area contributed by atoms with E-state index in [2.05, 4.69) is 15.4 Å². The number of nitrogens with zero attached hydrogens (tertiary/aromatic N) is 4. The molecule has 2 aromatic carbocycles. The topological polar surface area (TPSA) is 112 Å². The van der Waals surface area contributed by atoms with Crippen LogP contribution < -0.4 is 10.1 Å². The molecule has 0 radical (unpaired) electrons.